The molecule has 2 atom stereocenters. The number of anilines is 3. The van der Waals surface area contributed by atoms with Crippen LogP contribution in [-0.2, 0) is 6.54 Å². The van der Waals surface area contributed by atoms with Crippen LogP contribution in [0.15, 0.2) is 91.9 Å². The van der Waals surface area contributed by atoms with E-state index in [0.29, 0.717) is 10.9 Å². The molecule has 0 spiro atoms. The Bertz CT molecular complexity index is 1560. The minimum atomic E-state index is 0.234. The summed E-state index contributed by atoms with van der Waals surface area (Å²) >= 11 is 12.9. The molecule has 2 unspecified atom stereocenters. The average Bonchev–Trinajstić information content (AvgIpc) is 3.03. The Balaban J connectivity index is 0.00000188. The standard InChI is InChI=1S/C35H39Cl2N5.C2H4/c1-22-9-10-23(2)29(17-22)30-18-27(25(4)40-13-15-41(16-14-40)34-12-11-28(36)20-39-34)19-33-31(30)21-38-26(5)42(33)35-24(3)7-6-8-32(35)37;1-2/h6-8,10-12,17-20,22,25,38H,5,9,13-16,21H2,1-4H3;1-2H2. The molecular formula is C37H43Cl2N5. The van der Waals surface area contributed by atoms with Gasteiger partial charge in [-0.2, -0.15) is 0 Å². The zero-order valence-electron chi connectivity index (χ0n) is 26.3. The second kappa shape index (κ2) is 13.6. The molecule has 0 bridgehead atoms. The Hall–Kier alpha value is -3.51. The molecule has 0 radical (unpaired) electrons. The SMILES string of the molecule is C=C.C=C1NCc2c(C3=CC(C)CC=C3C)cc(C(C)N3CCN(c4ccc(Cl)cn4)CC3)cc2N1c1c(C)cccc1Cl. The van der Waals surface area contributed by atoms with Crippen LogP contribution in [0.4, 0.5) is 17.2 Å². The Kier molecular flexibility index (Phi) is 9.89. The molecule has 1 saturated heterocycles. The number of hydrogen-bond donors (Lipinski definition) is 1. The molecule has 0 amide bonds. The van der Waals surface area contributed by atoms with E-state index in [-0.39, 0.29) is 6.04 Å². The van der Waals surface area contributed by atoms with Crippen LogP contribution in [0.5, 0.6) is 0 Å². The van der Waals surface area contributed by atoms with E-state index in [1.807, 2.05) is 24.3 Å². The number of allylic oxidation sites excluding steroid dienone is 4. The van der Waals surface area contributed by atoms with E-state index in [4.69, 9.17) is 23.2 Å². The number of nitrogens with one attached hydrogen (secondary N) is 1. The molecule has 5 nitrogen and oxygen atoms in total. The molecule has 0 saturated carbocycles. The fourth-order valence-corrected chi connectivity index (χ4v) is 6.90. The minimum absolute atomic E-state index is 0.234. The smallest absolute Gasteiger partial charge is 0.128 e. The number of halogens is 2. The number of pyridine rings is 1. The molecule has 7 heteroatoms. The second-order valence-electron chi connectivity index (χ2n) is 11.8. The van der Waals surface area contributed by atoms with Gasteiger partial charge < -0.3 is 10.2 Å². The lowest BCUT2D eigenvalue weighted by Gasteiger charge is -2.40. The number of benzene rings is 2. The monoisotopic (exact) mass is 627 g/mol. The van der Waals surface area contributed by atoms with E-state index >= 15 is 0 Å². The quantitative estimate of drug-likeness (QED) is 0.285. The summed E-state index contributed by atoms with van der Waals surface area (Å²) in [7, 11) is 0. The molecule has 1 aliphatic carbocycles. The van der Waals surface area contributed by atoms with Crippen LogP contribution in [0.1, 0.15) is 55.5 Å². The Labute approximate surface area is 273 Å². The average molecular weight is 629 g/mol. The van der Waals surface area contributed by atoms with Crippen molar-refractivity contribution in [1.29, 1.82) is 0 Å². The highest BCUT2D eigenvalue weighted by Crippen LogP contribution is 2.45. The largest absolute Gasteiger partial charge is 0.367 e. The number of fused-ring (bicyclic) bond motifs is 1. The maximum atomic E-state index is 6.87. The van der Waals surface area contributed by atoms with Crippen LogP contribution >= 0.6 is 23.2 Å². The van der Waals surface area contributed by atoms with E-state index in [2.05, 4.69) is 103 Å². The number of aryl methyl sites for hydroxylation is 1. The zero-order valence-corrected chi connectivity index (χ0v) is 27.8. The van der Waals surface area contributed by atoms with Gasteiger partial charge in [-0.3, -0.25) is 9.80 Å². The third-order valence-corrected chi connectivity index (χ3v) is 9.51. The maximum absolute atomic E-state index is 6.87. The topological polar surface area (TPSA) is 34.6 Å². The Morgan fingerprint density at radius 2 is 1.77 bits per heavy atom. The van der Waals surface area contributed by atoms with Crippen molar-refractivity contribution in [3.8, 4) is 0 Å². The molecule has 2 aliphatic heterocycles. The van der Waals surface area contributed by atoms with Crippen LogP contribution < -0.4 is 15.1 Å². The van der Waals surface area contributed by atoms with Crippen LogP contribution in [-0.4, -0.2) is 36.1 Å². The lowest BCUT2D eigenvalue weighted by atomic mass is 9.83. The van der Waals surface area contributed by atoms with E-state index in [1.54, 1.807) is 6.20 Å². The van der Waals surface area contributed by atoms with Crippen molar-refractivity contribution in [2.75, 3.05) is 36.0 Å². The zero-order chi connectivity index (χ0) is 31.5. The van der Waals surface area contributed by atoms with Gasteiger partial charge in [-0.05, 0) is 91.3 Å². The minimum Gasteiger partial charge on any atom is -0.367 e. The predicted octanol–water partition coefficient (Wildman–Crippen LogP) is 9.46. The van der Waals surface area contributed by atoms with Gasteiger partial charge >= 0.3 is 0 Å². The van der Waals surface area contributed by atoms with Crippen LogP contribution in [0.3, 0.4) is 0 Å². The molecule has 3 aliphatic rings. The van der Waals surface area contributed by atoms with Crippen molar-refractivity contribution < 1.29 is 0 Å². The third-order valence-electron chi connectivity index (χ3n) is 8.98. The molecule has 230 valence electrons. The van der Waals surface area contributed by atoms with E-state index in [0.717, 1.165) is 72.7 Å². The Morgan fingerprint density at radius 3 is 2.45 bits per heavy atom. The lowest BCUT2D eigenvalue weighted by Crippen LogP contribution is -2.47. The fourth-order valence-electron chi connectivity index (χ4n) is 6.48. The van der Waals surface area contributed by atoms with Gasteiger partial charge in [0.2, 0.25) is 0 Å². The van der Waals surface area contributed by atoms with Gasteiger partial charge in [-0.1, -0.05) is 61.0 Å². The predicted molar refractivity (Wildman–Crippen MR) is 189 cm³/mol. The van der Waals surface area contributed by atoms with E-state index < -0.39 is 0 Å². The van der Waals surface area contributed by atoms with Crippen molar-refractivity contribution in [1.82, 2.24) is 15.2 Å². The number of aromatic nitrogens is 1. The number of para-hydroxylation sites is 1. The summed E-state index contributed by atoms with van der Waals surface area (Å²) in [4.78, 5) is 11.7. The summed E-state index contributed by atoms with van der Waals surface area (Å²) in [5.41, 5.74) is 9.82. The first kappa shape index (κ1) is 31.9. The third kappa shape index (κ3) is 6.32. The summed E-state index contributed by atoms with van der Waals surface area (Å²) in [5.74, 6) is 2.33. The van der Waals surface area contributed by atoms with Crippen molar-refractivity contribution in [3.05, 3.63) is 124 Å². The first-order valence-corrected chi connectivity index (χ1v) is 16.1. The van der Waals surface area contributed by atoms with E-state index in [9.17, 15) is 0 Å². The van der Waals surface area contributed by atoms with Gasteiger partial charge in [0.05, 0.1) is 21.4 Å². The van der Waals surface area contributed by atoms with Gasteiger partial charge in [0.15, 0.2) is 0 Å². The molecule has 1 fully saturated rings. The van der Waals surface area contributed by atoms with Crippen molar-refractivity contribution in [2.45, 2.75) is 46.7 Å². The highest BCUT2D eigenvalue weighted by atomic mass is 35.5. The molecule has 3 heterocycles. The van der Waals surface area contributed by atoms with Crippen molar-refractivity contribution in [3.63, 3.8) is 0 Å². The fraction of sp³-hybridized carbons (Fsp3) is 0.324. The second-order valence-corrected chi connectivity index (χ2v) is 12.7. The summed E-state index contributed by atoms with van der Waals surface area (Å²) in [6.45, 7) is 23.9. The molecule has 3 aromatic rings. The van der Waals surface area contributed by atoms with Gasteiger partial charge in [-0.25, -0.2) is 4.98 Å². The van der Waals surface area contributed by atoms with Crippen molar-refractivity contribution in [2.24, 2.45) is 5.92 Å². The number of nitrogens with zero attached hydrogens (tertiary/aromatic N) is 4. The van der Waals surface area contributed by atoms with Gasteiger partial charge in [0, 0.05) is 50.5 Å². The summed E-state index contributed by atoms with van der Waals surface area (Å²) < 4.78 is 0. The first-order valence-electron chi connectivity index (χ1n) is 15.4. The number of rotatable bonds is 5. The van der Waals surface area contributed by atoms with Gasteiger partial charge in [-0.15, -0.1) is 13.2 Å². The molecule has 1 N–H and O–H groups in total. The van der Waals surface area contributed by atoms with Crippen molar-refractivity contribution >= 4 is 46.0 Å². The van der Waals surface area contributed by atoms with Gasteiger partial charge in [0.25, 0.3) is 0 Å². The Morgan fingerprint density at radius 1 is 1.02 bits per heavy atom. The summed E-state index contributed by atoms with van der Waals surface area (Å²) in [5, 5.41) is 4.97. The maximum Gasteiger partial charge on any atom is 0.128 e. The van der Waals surface area contributed by atoms with Gasteiger partial charge in [0.1, 0.15) is 11.6 Å². The molecule has 6 rings (SSSR count). The van der Waals surface area contributed by atoms with E-state index in [1.165, 1.54) is 27.8 Å². The normalized spacial score (nSPS) is 19.2. The lowest BCUT2D eigenvalue weighted by molar-refractivity contribution is 0.198. The summed E-state index contributed by atoms with van der Waals surface area (Å²) in [6, 6.07) is 15.1. The molecule has 1 aromatic heterocycles. The highest BCUT2D eigenvalue weighted by molar-refractivity contribution is 6.33. The molecular weight excluding hydrogens is 585 g/mol. The van der Waals surface area contributed by atoms with Crippen LogP contribution in [0, 0.1) is 12.8 Å². The van der Waals surface area contributed by atoms with Crippen LogP contribution in [0.25, 0.3) is 5.57 Å². The number of piperazine rings is 1. The highest BCUT2D eigenvalue weighted by Gasteiger charge is 2.31. The molecule has 44 heavy (non-hydrogen) atoms. The summed E-state index contributed by atoms with van der Waals surface area (Å²) in [6.07, 6.45) is 7.65. The van der Waals surface area contributed by atoms with Crippen LogP contribution in [0.2, 0.25) is 10.0 Å². The molecule has 2 aromatic carbocycles. The number of hydrogen-bond acceptors (Lipinski definition) is 5. The first-order chi connectivity index (χ1) is 21.2.